The van der Waals surface area contributed by atoms with Crippen LogP contribution >= 0.6 is 0 Å². The quantitative estimate of drug-likeness (QED) is 0.792. The molecule has 0 saturated carbocycles. The zero-order chi connectivity index (χ0) is 12.7. The molecule has 0 unspecified atom stereocenters. The van der Waals surface area contributed by atoms with Crippen molar-refractivity contribution >= 4 is 11.9 Å². The number of carbonyl (C=O) groups is 2. The summed E-state index contributed by atoms with van der Waals surface area (Å²) < 4.78 is 12.6. The van der Waals surface area contributed by atoms with Gasteiger partial charge in [-0.3, -0.25) is 9.59 Å². The maximum atomic E-state index is 12.6. The SMILES string of the molecule is O=C(O)CC[C@@H](CF)NC(=O)c1ccccc1. The van der Waals surface area contributed by atoms with Crippen molar-refractivity contribution in [2.45, 2.75) is 18.9 Å². The highest BCUT2D eigenvalue weighted by atomic mass is 19.1. The molecule has 17 heavy (non-hydrogen) atoms. The van der Waals surface area contributed by atoms with E-state index in [1.54, 1.807) is 30.3 Å². The minimum atomic E-state index is -1.00. The molecule has 0 fully saturated rings. The molecule has 5 heteroatoms. The number of carboxylic acid groups (broad SMARTS) is 1. The van der Waals surface area contributed by atoms with Gasteiger partial charge in [0.15, 0.2) is 0 Å². The number of amides is 1. The first-order valence-electron chi connectivity index (χ1n) is 5.27. The predicted molar refractivity (Wildman–Crippen MR) is 60.5 cm³/mol. The third kappa shape index (κ3) is 4.63. The Morgan fingerprint density at radius 1 is 1.29 bits per heavy atom. The van der Waals surface area contributed by atoms with Crippen LogP contribution in [0.1, 0.15) is 23.2 Å². The van der Waals surface area contributed by atoms with E-state index in [9.17, 15) is 14.0 Å². The molecule has 4 nitrogen and oxygen atoms in total. The fourth-order valence-electron chi connectivity index (χ4n) is 1.34. The Kier molecular flexibility index (Phi) is 5.13. The first-order chi connectivity index (χ1) is 8.13. The highest BCUT2D eigenvalue weighted by molar-refractivity contribution is 5.94. The van der Waals surface area contributed by atoms with Gasteiger partial charge < -0.3 is 10.4 Å². The van der Waals surface area contributed by atoms with Gasteiger partial charge in [0.05, 0.1) is 6.04 Å². The Morgan fingerprint density at radius 2 is 1.94 bits per heavy atom. The number of carboxylic acids is 1. The second kappa shape index (κ2) is 6.62. The number of alkyl halides is 1. The van der Waals surface area contributed by atoms with Crippen LogP contribution in [0.2, 0.25) is 0 Å². The molecule has 1 amide bonds. The summed E-state index contributed by atoms with van der Waals surface area (Å²) in [6, 6.07) is 7.66. The van der Waals surface area contributed by atoms with E-state index in [-0.39, 0.29) is 12.8 Å². The minimum absolute atomic E-state index is 0.0877. The van der Waals surface area contributed by atoms with Gasteiger partial charge in [-0.25, -0.2) is 4.39 Å². The van der Waals surface area contributed by atoms with Gasteiger partial charge in [0.2, 0.25) is 0 Å². The van der Waals surface area contributed by atoms with Gasteiger partial charge in [-0.2, -0.15) is 0 Å². The van der Waals surface area contributed by atoms with E-state index in [0.717, 1.165) is 0 Å². The van der Waals surface area contributed by atoms with Crippen molar-refractivity contribution in [1.29, 1.82) is 0 Å². The summed E-state index contributed by atoms with van der Waals surface area (Å²) in [5.41, 5.74) is 0.432. The molecule has 0 heterocycles. The number of carbonyl (C=O) groups excluding carboxylic acids is 1. The van der Waals surface area contributed by atoms with E-state index in [4.69, 9.17) is 5.11 Å². The van der Waals surface area contributed by atoms with Gasteiger partial charge in [-0.05, 0) is 18.6 Å². The van der Waals surface area contributed by atoms with Gasteiger partial charge in [-0.1, -0.05) is 18.2 Å². The molecule has 1 atom stereocenters. The number of benzene rings is 1. The minimum Gasteiger partial charge on any atom is -0.481 e. The lowest BCUT2D eigenvalue weighted by atomic mass is 10.1. The van der Waals surface area contributed by atoms with E-state index in [1.807, 2.05) is 0 Å². The standard InChI is InChI=1S/C12H14FNO3/c13-8-10(6-7-11(15)16)14-12(17)9-4-2-1-3-5-9/h1-5,10H,6-8H2,(H,14,17)(H,15,16)/t10-/m0/s1. The normalized spacial score (nSPS) is 11.8. The number of nitrogens with one attached hydrogen (secondary N) is 1. The summed E-state index contributed by atoms with van der Waals surface area (Å²) in [5.74, 6) is -1.39. The first-order valence-corrected chi connectivity index (χ1v) is 5.27. The Hall–Kier alpha value is -1.91. The molecule has 1 aromatic carbocycles. The second-order valence-electron chi connectivity index (χ2n) is 3.62. The summed E-state index contributed by atoms with van der Waals surface area (Å²) in [6.45, 7) is -0.772. The predicted octanol–water partition coefficient (Wildman–Crippen LogP) is 1.62. The van der Waals surface area contributed by atoms with Crippen LogP contribution in [0.3, 0.4) is 0 Å². The van der Waals surface area contributed by atoms with Crippen LogP contribution in [-0.4, -0.2) is 29.7 Å². The number of halogens is 1. The topological polar surface area (TPSA) is 66.4 Å². The Balaban J connectivity index is 2.51. The Labute approximate surface area is 98.5 Å². The van der Waals surface area contributed by atoms with Crippen molar-refractivity contribution in [3.63, 3.8) is 0 Å². The molecule has 1 rings (SSSR count). The van der Waals surface area contributed by atoms with Gasteiger partial charge in [0.1, 0.15) is 6.67 Å². The zero-order valence-electron chi connectivity index (χ0n) is 9.23. The molecule has 0 saturated heterocycles. The zero-order valence-corrected chi connectivity index (χ0v) is 9.23. The molecule has 92 valence electrons. The van der Waals surface area contributed by atoms with Crippen LogP contribution in [0.25, 0.3) is 0 Å². The van der Waals surface area contributed by atoms with Crippen LogP contribution in [0.5, 0.6) is 0 Å². The summed E-state index contributed by atoms with van der Waals surface area (Å²) in [7, 11) is 0. The fraction of sp³-hybridized carbons (Fsp3) is 0.333. The first kappa shape index (κ1) is 13.2. The van der Waals surface area contributed by atoms with Crippen LogP contribution in [0.4, 0.5) is 4.39 Å². The van der Waals surface area contributed by atoms with Crippen LogP contribution in [0, 0.1) is 0 Å². The average molecular weight is 239 g/mol. The van der Waals surface area contributed by atoms with E-state index < -0.39 is 24.6 Å². The fourth-order valence-corrected chi connectivity index (χ4v) is 1.34. The molecule has 0 aliphatic heterocycles. The second-order valence-corrected chi connectivity index (χ2v) is 3.62. The third-order valence-electron chi connectivity index (χ3n) is 2.26. The molecule has 0 spiro atoms. The Morgan fingerprint density at radius 3 is 2.47 bits per heavy atom. The van der Waals surface area contributed by atoms with Crippen molar-refractivity contribution in [1.82, 2.24) is 5.32 Å². The largest absolute Gasteiger partial charge is 0.481 e. The van der Waals surface area contributed by atoms with Crippen molar-refractivity contribution in [3.05, 3.63) is 35.9 Å². The summed E-state index contributed by atoms with van der Waals surface area (Å²) in [4.78, 5) is 22.0. The lowest BCUT2D eigenvalue weighted by Gasteiger charge is -2.14. The number of rotatable bonds is 6. The van der Waals surface area contributed by atoms with Crippen molar-refractivity contribution < 1.29 is 19.1 Å². The monoisotopic (exact) mass is 239 g/mol. The lowest BCUT2D eigenvalue weighted by Crippen LogP contribution is -2.36. The molecule has 0 aliphatic rings. The van der Waals surface area contributed by atoms with E-state index in [0.29, 0.717) is 5.56 Å². The molecule has 0 aliphatic carbocycles. The smallest absolute Gasteiger partial charge is 0.303 e. The van der Waals surface area contributed by atoms with Crippen LogP contribution in [0.15, 0.2) is 30.3 Å². The van der Waals surface area contributed by atoms with Crippen molar-refractivity contribution in [2.24, 2.45) is 0 Å². The van der Waals surface area contributed by atoms with Crippen LogP contribution < -0.4 is 5.32 Å². The molecule has 0 radical (unpaired) electrons. The lowest BCUT2D eigenvalue weighted by molar-refractivity contribution is -0.137. The van der Waals surface area contributed by atoms with Crippen LogP contribution in [-0.2, 0) is 4.79 Å². The molecular weight excluding hydrogens is 225 g/mol. The number of hydrogen-bond acceptors (Lipinski definition) is 2. The van der Waals surface area contributed by atoms with Crippen molar-refractivity contribution in [3.8, 4) is 0 Å². The van der Waals surface area contributed by atoms with Gasteiger partial charge in [-0.15, -0.1) is 0 Å². The van der Waals surface area contributed by atoms with E-state index in [1.165, 1.54) is 0 Å². The highest BCUT2D eigenvalue weighted by Crippen LogP contribution is 2.03. The van der Waals surface area contributed by atoms with Gasteiger partial charge in [0.25, 0.3) is 5.91 Å². The number of aliphatic carboxylic acids is 1. The molecule has 0 aromatic heterocycles. The molecule has 1 aromatic rings. The summed E-state index contributed by atoms with van der Waals surface area (Å²) >= 11 is 0. The van der Waals surface area contributed by atoms with Gasteiger partial charge in [0, 0.05) is 12.0 Å². The highest BCUT2D eigenvalue weighted by Gasteiger charge is 2.14. The third-order valence-corrected chi connectivity index (χ3v) is 2.26. The van der Waals surface area contributed by atoms with Gasteiger partial charge >= 0.3 is 5.97 Å². The maximum Gasteiger partial charge on any atom is 0.303 e. The molecular formula is C12H14FNO3. The summed E-state index contributed by atoms with van der Waals surface area (Å²) in [6.07, 6.45) is -0.0753. The van der Waals surface area contributed by atoms with E-state index in [2.05, 4.69) is 5.32 Å². The molecule has 2 N–H and O–H groups in total. The Bertz CT molecular complexity index is 381. The van der Waals surface area contributed by atoms with E-state index >= 15 is 0 Å². The number of hydrogen-bond donors (Lipinski definition) is 2. The summed E-state index contributed by atoms with van der Waals surface area (Å²) in [5, 5.41) is 10.9. The maximum absolute atomic E-state index is 12.6. The average Bonchev–Trinajstić information content (AvgIpc) is 2.35. The molecule has 0 bridgehead atoms. The van der Waals surface area contributed by atoms with Crippen molar-refractivity contribution in [2.75, 3.05) is 6.67 Å².